The fraction of sp³-hybridized carbons (Fsp3) is 0.500. The molecular formula is C24H28N4O3S. The van der Waals surface area contributed by atoms with Gasteiger partial charge in [-0.25, -0.2) is 4.98 Å². The number of rotatable bonds is 3. The minimum atomic E-state index is -0.0397. The van der Waals surface area contributed by atoms with Crippen LogP contribution in [-0.4, -0.2) is 57.9 Å². The van der Waals surface area contributed by atoms with Gasteiger partial charge in [0, 0.05) is 32.1 Å². The van der Waals surface area contributed by atoms with Gasteiger partial charge in [-0.15, -0.1) is 11.3 Å². The molecule has 7 nitrogen and oxygen atoms in total. The summed E-state index contributed by atoms with van der Waals surface area (Å²) in [5.41, 5.74) is 2.36. The molecule has 0 aromatic carbocycles. The lowest BCUT2D eigenvalue weighted by atomic mass is 9.94. The van der Waals surface area contributed by atoms with Crippen LogP contribution >= 0.6 is 11.3 Å². The van der Waals surface area contributed by atoms with E-state index in [0.29, 0.717) is 35.4 Å². The Bertz CT molecular complexity index is 1110. The van der Waals surface area contributed by atoms with Crippen LogP contribution in [0.15, 0.2) is 28.1 Å². The highest BCUT2D eigenvalue weighted by atomic mass is 32.1. The second-order valence-corrected chi connectivity index (χ2v) is 9.73. The van der Waals surface area contributed by atoms with E-state index in [9.17, 15) is 9.59 Å². The van der Waals surface area contributed by atoms with Crippen molar-refractivity contribution in [3.8, 4) is 10.6 Å². The predicted octanol–water partition coefficient (Wildman–Crippen LogP) is 4.51. The number of fused-ring (bicyclic) bond motifs is 1. The standard InChI is InChI=1S/C24H28N4O3S/c1-16-21-18(15-19(20-7-6-14-32-20)25-22(21)31-26-16)24(30)28-12-8-17(9-13-28)23(29)27-10-4-2-3-5-11-27/h6-7,14-15,17H,2-5,8-13H2,1H3. The number of carbonyl (C=O) groups excluding carboxylic acids is 2. The lowest BCUT2D eigenvalue weighted by molar-refractivity contribution is -0.136. The molecule has 0 saturated carbocycles. The average Bonchev–Trinajstić information content (AvgIpc) is 3.41. The summed E-state index contributed by atoms with van der Waals surface area (Å²) in [5, 5.41) is 6.71. The van der Waals surface area contributed by atoms with Crippen molar-refractivity contribution in [3.05, 3.63) is 34.8 Å². The largest absolute Gasteiger partial charge is 0.342 e. The first-order chi connectivity index (χ1) is 15.6. The number of nitrogens with zero attached hydrogens (tertiary/aromatic N) is 4. The summed E-state index contributed by atoms with van der Waals surface area (Å²) in [4.78, 5) is 36.0. The summed E-state index contributed by atoms with van der Waals surface area (Å²) >= 11 is 1.57. The number of piperidine rings is 1. The van der Waals surface area contributed by atoms with Gasteiger partial charge in [0.2, 0.25) is 5.91 Å². The number of hydrogen-bond acceptors (Lipinski definition) is 6. The van der Waals surface area contributed by atoms with Crippen molar-refractivity contribution in [1.82, 2.24) is 19.9 Å². The Morgan fingerprint density at radius 1 is 1.06 bits per heavy atom. The van der Waals surface area contributed by atoms with Gasteiger partial charge in [-0.1, -0.05) is 24.1 Å². The summed E-state index contributed by atoms with van der Waals surface area (Å²) in [5.74, 6) is 0.260. The molecule has 2 fully saturated rings. The number of thiophene rings is 1. The van der Waals surface area contributed by atoms with E-state index < -0.39 is 0 Å². The number of carbonyl (C=O) groups is 2. The number of aryl methyl sites for hydroxylation is 1. The molecule has 0 radical (unpaired) electrons. The molecule has 0 spiro atoms. The Hall–Kier alpha value is -2.74. The first-order valence-corrected chi connectivity index (χ1v) is 12.4. The van der Waals surface area contributed by atoms with Crippen LogP contribution in [0.1, 0.15) is 54.6 Å². The maximum absolute atomic E-state index is 13.5. The maximum atomic E-state index is 13.5. The fourth-order valence-electron chi connectivity index (χ4n) is 4.86. The van der Waals surface area contributed by atoms with Crippen molar-refractivity contribution in [2.75, 3.05) is 26.2 Å². The van der Waals surface area contributed by atoms with Crippen LogP contribution < -0.4 is 0 Å². The van der Waals surface area contributed by atoms with Gasteiger partial charge in [0.15, 0.2) is 0 Å². The molecule has 2 saturated heterocycles. The Morgan fingerprint density at radius 3 is 2.50 bits per heavy atom. The van der Waals surface area contributed by atoms with E-state index in [-0.39, 0.29) is 17.7 Å². The number of likely N-dealkylation sites (tertiary alicyclic amines) is 2. The third kappa shape index (κ3) is 4.03. The first kappa shape index (κ1) is 21.1. The van der Waals surface area contributed by atoms with E-state index >= 15 is 0 Å². The molecule has 0 bridgehead atoms. The van der Waals surface area contributed by atoms with Crippen LogP contribution in [0.25, 0.3) is 21.7 Å². The number of pyridine rings is 1. The van der Waals surface area contributed by atoms with Crippen molar-refractivity contribution in [2.24, 2.45) is 5.92 Å². The van der Waals surface area contributed by atoms with Gasteiger partial charge in [-0.05, 0) is 50.1 Å². The van der Waals surface area contributed by atoms with Gasteiger partial charge in [-0.3, -0.25) is 9.59 Å². The zero-order valence-electron chi connectivity index (χ0n) is 18.4. The minimum absolute atomic E-state index is 0.0219. The second-order valence-electron chi connectivity index (χ2n) is 8.79. The van der Waals surface area contributed by atoms with Crippen molar-refractivity contribution in [2.45, 2.75) is 45.4 Å². The normalized spacial score (nSPS) is 18.2. The summed E-state index contributed by atoms with van der Waals surface area (Å²) in [6.45, 7) is 4.77. The molecule has 8 heteroatoms. The van der Waals surface area contributed by atoms with Gasteiger partial charge in [0.05, 0.1) is 27.2 Å². The van der Waals surface area contributed by atoms with Gasteiger partial charge in [0.1, 0.15) is 0 Å². The summed E-state index contributed by atoms with van der Waals surface area (Å²) in [6, 6.07) is 5.80. The topological polar surface area (TPSA) is 79.5 Å². The molecule has 2 aliphatic heterocycles. The molecular weight excluding hydrogens is 424 g/mol. The van der Waals surface area contributed by atoms with E-state index in [4.69, 9.17) is 4.52 Å². The maximum Gasteiger partial charge on any atom is 0.259 e. The highest BCUT2D eigenvalue weighted by Crippen LogP contribution is 2.31. The molecule has 2 aliphatic rings. The zero-order valence-corrected chi connectivity index (χ0v) is 19.2. The molecule has 32 heavy (non-hydrogen) atoms. The minimum Gasteiger partial charge on any atom is -0.342 e. The van der Waals surface area contributed by atoms with Crippen molar-refractivity contribution in [1.29, 1.82) is 0 Å². The quantitative estimate of drug-likeness (QED) is 0.584. The molecule has 0 atom stereocenters. The van der Waals surface area contributed by atoms with E-state index in [2.05, 4.69) is 15.0 Å². The fourth-order valence-corrected chi connectivity index (χ4v) is 5.55. The van der Waals surface area contributed by atoms with Crippen LogP contribution in [0.4, 0.5) is 0 Å². The molecule has 5 heterocycles. The number of amides is 2. The monoisotopic (exact) mass is 452 g/mol. The zero-order chi connectivity index (χ0) is 22.1. The van der Waals surface area contributed by atoms with Gasteiger partial charge < -0.3 is 14.3 Å². The Morgan fingerprint density at radius 2 is 1.81 bits per heavy atom. The number of aromatic nitrogens is 2. The van der Waals surface area contributed by atoms with E-state index in [1.165, 1.54) is 12.8 Å². The first-order valence-electron chi connectivity index (χ1n) is 11.5. The lowest BCUT2D eigenvalue weighted by Crippen LogP contribution is -2.44. The molecule has 0 unspecified atom stereocenters. The summed E-state index contributed by atoms with van der Waals surface area (Å²) in [6.07, 6.45) is 6.07. The van der Waals surface area contributed by atoms with E-state index in [1.54, 1.807) is 11.3 Å². The van der Waals surface area contributed by atoms with Gasteiger partial charge in [0.25, 0.3) is 11.6 Å². The third-order valence-electron chi connectivity index (χ3n) is 6.67. The van der Waals surface area contributed by atoms with Crippen LogP contribution in [0.3, 0.4) is 0 Å². The highest BCUT2D eigenvalue weighted by molar-refractivity contribution is 7.13. The van der Waals surface area contributed by atoms with Crippen LogP contribution in [0, 0.1) is 12.8 Å². The molecule has 168 valence electrons. The highest BCUT2D eigenvalue weighted by Gasteiger charge is 2.32. The molecule has 5 rings (SSSR count). The smallest absolute Gasteiger partial charge is 0.259 e. The predicted molar refractivity (Wildman–Crippen MR) is 124 cm³/mol. The molecule has 3 aromatic rings. The van der Waals surface area contributed by atoms with E-state index in [1.807, 2.05) is 35.4 Å². The third-order valence-corrected chi connectivity index (χ3v) is 7.56. The van der Waals surface area contributed by atoms with Crippen molar-refractivity contribution < 1.29 is 14.1 Å². The van der Waals surface area contributed by atoms with Crippen LogP contribution in [0.5, 0.6) is 0 Å². The van der Waals surface area contributed by atoms with Crippen LogP contribution in [-0.2, 0) is 4.79 Å². The SMILES string of the molecule is Cc1noc2nc(-c3cccs3)cc(C(=O)N3CCC(C(=O)N4CCCCCC4)CC3)c12. The molecule has 2 amide bonds. The summed E-state index contributed by atoms with van der Waals surface area (Å²) in [7, 11) is 0. The Kier molecular flexibility index (Phi) is 5.95. The van der Waals surface area contributed by atoms with Gasteiger partial charge in [-0.2, -0.15) is 0 Å². The summed E-state index contributed by atoms with van der Waals surface area (Å²) < 4.78 is 5.41. The second kappa shape index (κ2) is 9.02. The molecule has 0 aliphatic carbocycles. The van der Waals surface area contributed by atoms with E-state index in [0.717, 1.165) is 49.3 Å². The number of hydrogen-bond donors (Lipinski definition) is 0. The van der Waals surface area contributed by atoms with Gasteiger partial charge >= 0.3 is 0 Å². The lowest BCUT2D eigenvalue weighted by Gasteiger charge is -2.34. The Labute approximate surface area is 191 Å². The van der Waals surface area contributed by atoms with Crippen LogP contribution in [0.2, 0.25) is 0 Å². The van der Waals surface area contributed by atoms with Crippen molar-refractivity contribution >= 4 is 34.3 Å². The Balaban J connectivity index is 1.34. The van der Waals surface area contributed by atoms with Crippen molar-refractivity contribution in [3.63, 3.8) is 0 Å². The molecule has 0 N–H and O–H groups in total. The molecule has 3 aromatic heterocycles. The average molecular weight is 453 g/mol.